The van der Waals surface area contributed by atoms with Gasteiger partial charge in [-0.05, 0) is 56.0 Å². The molecular weight excluding hydrogens is 314 g/mol. The van der Waals surface area contributed by atoms with E-state index >= 15 is 0 Å². The molecule has 0 unspecified atom stereocenters. The van der Waals surface area contributed by atoms with Crippen molar-refractivity contribution >= 4 is 11.6 Å². The lowest BCUT2D eigenvalue weighted by atomic mass is 9.86. The highest BCUT2D eigenvalue weighted by Gasteiger charge is 2.31. The van der Waals surface area contributed by atoms with Gasteiger partial charge in [0.2, 0.25) is 5.91 Å². The van der Waals surface area contributed by atoms with E-state index in [1.54, 1.807) is 0 Å². The molecule has 1 aliphatic carbocycles. The number of aromatic nitrogens is 2. The molecular formula is C19H25N5O. The van der Waals surface area contributed by atoms with Gasteiger partial charge >= 0.3 is 0 Å². The Balaban J connectivity index is 1.33. The first kappa shape index (κ1) is 16.1. The average molecular weight is 339 g/mol. The molecule has 0 radical (unpaired) electrons. The van der Waals surface area contributed by atoms with E-state index in [1.807, 2.05) is 23.1 Å². The topological polar surface area (TPSA) is 76.2 Å². The molecule has 1 saturated heterocycles. The maximum absolute atomic E-state index is 11.6. The maximum atomic E-state index is 11.6. The summed E-state index contributed by atoms with van der Waals surface area (Å²) in [6, 6.07) is 11.4. The van der Waals surface area contributed by atoms with Gasteiger partial charge in [0, 0.05) is 30.7 Å². The van der Waals surface area contributed by atoms with Crippen molar-refractivity contribution in [1.82, 2.24) is 14.7 Å². The summed E-state index contributed by atoms with van der Waals surface area (Å²) < 4.78 is 2.05. The fourth-order valence-corrected chi connectivity index (χ4v) is 3.99. The molecule has 3 N–H and O–H groups in total. The van der Waals surface area contributed by atoms with Crippen LogP contribution in [0.25, 0.3) is 0 Å². The van der Waals surface area contributed by atoms with Crippen molar-refractivity contribution in [3.8, 4) is 0 Å². The lowest BCUT2D eigenvalue weighted by Gasteiger charge is -2.36. The highest BCUT2D eigenvalue weighted by Crippen LogP contribution is 2.34. The minimum absolute atomic E-state index is 0.113. The second-order valence-electron chi connectivity index (χ2n) is 7.18. The van der Waals surface area contributed by atoms with Crippen LogP contribution in [0.15, 0.2) is 42.7 Å². The molecule has 1 aliphatic heterocycles. The molecule has 0 bridgehead atoms. The molecule has 2 fully saturated rings. The molecule has 6 nitrogen and oxygen atoms in total. The van der Waals surface area contributed by atoms with Crippen molar-refractivity contribution < 1.29 is 4.79 Å². The number of nitrogens with one attached hydrogen (secondary N) is 1. The molecule has 25 heavy (non-hydrogen) atoms. The lowest BCUT2D eigenvalue weighted by Crippen LogP contribution is -2.39. The van der Waals surface area contributed by atoms with Crippen LogP contribution in [0, 0.1) is 0 Å². The van der Waals surface area contributed by atoms with Crippen LogP contribution in [0.4, 0.5) is 5.69 Å². The Bertz CT molecular complexity index is 723. The minimum Gasteiger partial charge on any atom is -0.382 e. The van der Waals surface area contributed by atoms with Gasteiger partial charge in [0.1, 0.15) is 0 Å². The molecule has 1 saturated carbocycles. The standard InChI is InChI=1S/C19H25N5O/c20-19(25)18-6-2-8-23(18)13-14-4-1-5-15(10-14)22-16-11-17(12-16)24-9-3-7-21-24/h1,3-5,7,9-10,16-18,22H,2,6,8,11-13H2,(H2,20,25)/t16?,17?,18-/m0/s1. The molecule has 0 spiro atoms. The predicted molar refractivity (Wildman–Crippen MR) is 97.0 cm³/mol. The van der Waals surface area contributed by atoms with Gasteiger partial charge in [0.25, 0.3) is 0 Å². The van der Waals surface area contributed by atoms with E-state index in [2.05, 4.69) is 39.6 Å². The van der Waals surface area contributed by atoms with Crippen molar-refractivity contribution in [2.75, 3.05) is 11.9 Å². The van der Waals surface area contributed by atoms with Crippen LogP contribution in [-0.4, -0.2) is 39.2 Å². The van der Waals surface area contributed by atoms with Crippen LogP contribution < -0.4 is 11.1 Å². The molecule has 6 heteroatoms. The second-order valence-corrected chi connectivity index (χ2v) is 7.18. The van der Waals surface area contributed by atoms with E-state index in [0.29, 0.717) is 12.1 Å². The molecule has 132 valence electrons. The summed E-state index contributed by atoms with van der Waals surface area (Å²) in [5.41, 5.74) is 7.89. The number of primary amides is 1. The zero-order valence-electron chi connectivity index (χ0n) is 14.3. The molecule has 2 aromatic rings. The summed E-state index contributed by atoms with van der Waals surface area (Å²) in [6.45, 7) is 1.73. The fourth-order valence-electron chi connectivity index (χ4n) is 3.99. The van der Waals surface area contributed by atoms with E-state index in [-0.39, 0.29) is 11.9 Å². The summed E-state index contributed by atoms with van der Waals surface area (Å²) in [6.07, 6.45) is 7.99. The third-order valence-electron chi connectivity index (χ3n) is 5.39. The molecule has 1 aromatic heterocycles. The van der Waals surface area contributed by atoms with Crippen LogP contribution in [0.1, 0.15) is 37.3 Å². The Morgan fingerprint density at radius 1 is 1.32 bits per heavy atom. The number of rotatable bonds is 6. The van der Waals surface area contributed by atoms with Crippen molar-refractivity contribution in [1.29, 1.82) is 0 Å². The quantitative estimate of drug-likeness (QED) is 0.845. The molecule has 2 heterocycles. The SMILES string of the molecule is NC(=O)[C@@H]1CCCN1Cc1cccc(NC2CC(n3cccn3)C2)c1. The zero-order valence-corrected chi connectivity index (χ0v) is 14.3. The lowest BCUT2D eigenvalue weighted by molar-refractivity contribution is -0.122. The number of nitrogens with two attached hydrogens (primary N) is 1. The monoisotopic (exact) mass is 339 g/mol. The van der Waals surface area contributed by atoms with Gasteiger partial charge in [-0.2, -0.15) is 5.10 Å². The first-order chi connectivity index (χ1) is 12.2. The Hall–Kier alpha value is -2.34. The highest BCUT2D eigenvalue weighted by atomic mass is 16.1. The first-order valence-corrected chi connectivity index (χ1v) is 9.07. The van der Waals surface area contributed by atoms with Crippen LogP contribution in [0.5, 0.6) is 0 Å². The fraction of sp³-hybridized carbons (Fsp3) is 0.474. The Labute approximate surface area is 148 Å². The number of hydrogen-bond donors (Lipinski definition) is 2. The van der Waals surface area contributed by atoms with E-state index in [9.17, 15) is 4.79 Å². The number of carbonyl (C=O) groups is 1. The van der Waals surface area contributed by atoms with Crippen LogP contribution in [0.2, 0.25) is 0 Å². The number of nitrogens with zero attached hydrogens (tertiary/aromatic N) is 3. The van der Waals surface area contributed by atoms with E-state index in [1.165, 1.54) is 5.56 Å². The number of anilines is 1. The summed E-state index contributed by atoms with van der Waals surface area (Å²) in [4.78, 5) is 13.7. The number of carbonyl (C=O) groups excluding carboxylic acids is 1. The largest absolute Gasteiger partial charge is 0.382 e. The van der Waals surface area contributed by atoms with Crippen molar-refractivity contribution in [3.05, 3.63) is 48.3 Å². The summed E-state index contributed by atoms with van der Waals surface area (Å²) >= 11 is 0. The molecule has 2 aliphatic rings. The third-order valence-corrected chi connectivity index (χ3v) is 5.39. The summed E-state index contributed by atoms with van der Waals surface area (Å²) in [7, 11) is 0. The van der Waals surface area contributed by atoms with Crippen molar-refractivity contribution in [3.63, 3.8) is 0 Å². The molecule has 4 rings (SSSR count). The van der Waals surface area contributed by atoms with Crippen LogP contribution >= 0.6 is 0 Å². The van der Waals surface area contributed by atoms with E-state index in [4.69, 9.17) is 5.73 Å². The van der Waals surface area contributed by atoms with Crippen molar-refractivity contribution in [2.45, 2.75) is 50.4 Å². The van der Waals surface area contributed by atoms with Gasteiger partial charge in [-0.1, -0.05) is 12.1 Å². The second kappa shape index (κ2) is 6.88. The molecule has 1 aromatic carbocycles. The maximum Gasteiger partial charge on any atom is 0.234 e. The van der Waals surface area contributed by atoms with Crippen LogP contribution in [0.3, 0.4) is 0 Å². The summed E-state index contributed by atoms with van der Waals surface area (Å²) in [5.74, 6) is -0.203. The zero-order chi connectivity index (χ0) is 17.2. The Kier molecular flexibility index (Phi) is 4.44. The molecule has 1 atom stereocenters. The van der Waals surface area contributed by atoms with Crippen LogP contribution in [-0.2, 0) is 11.3 Å². The predicted octanol–water partition coefficient (Wildman–Crippen LogP) is 2.15. The Morgan fingerprint density at radius 2 is 2.20 bits per heavy atom. The Morgan fingerprint density at radius 3 is 2.96 bits per heavy atom. The number of benzene rings is 1. The van der Waals surface area contributed by atoms with Crippen molar-refractivity contribution in [2.24, 2.45) is 5.73 Å². The normalized spacial score (nSPS) is 26.3. The van der Waals surface area contributed by atoms with Gasteiger partial charge in [0.05, 0.1) is 12.1 Å². The number of amides is 1. The number of hydrogen-bond acceptors (Lipinski definition) is 4. The first-order valence-electron chi connectivity index (χ1n) is 9.07. The third kappa shape index (κ3) is 3.54. The summed E-state index contributed by atoms with van der Waals surface area (Å²) in [5, 5.41) is 7.94. The van der Waals surface area contributed by atoms with Gasteiger partial charge < -0.3 is 11.1 Å². The molecule has 1 amide bonds. The highest BCUT2D eigenvalue weighted by molar-refractivity contribution is 5.80. The van der Waals surface area contributed by atoms with Gasteiger partial charge in [-0.15, -0.1) is 0 Å². The smallest absolute Gasteiger partial charge is 0.234 e. The number of likely N-dealkylation sites (tertiary alicyclic amines) is 1. The van der Waals surface area contributed by atoms with E-state index in [0.717, 1.165) is 44.5 Å². The average Bonchev–Trinajstić information content (AvgIpc) is 3.22. The van der Waals surface area contributed by atoms with Gasteiger partial charge in [0.15, 0.2) is 0 Å². The minimum atomic E-state index is -0.203. The van der Waals surface area contributed by atoms with Gasteiger partial charge in [-0.3, -0.25) is 14.4 Å². The van der Waals surface area contributed by atoms with Gasteiger partial charge in [-0.25, -0.2) is 0 Å². The van der Waals surface area contributed by atoms with E-state index < -0.39 is 0 Å².